The summed E-state index contributed by atoms with van der Waals surface area (Å²) >= 11 is 2.04. The van der Waals surface area contributed by atoms with E-state index in [4.69, 9.17) is 10.00 Å². The Kier molecular flexibility index (Phi) is 6.52. The van der Waals surface area contributed by atoms with Crippen LogP contribution in [-0.4, -0.2) is 31.7 Å². The highest BCUT2D eigenvalue weighted by Crippen LogP contribution is 2.29. The molecule has 0 bridgehead atoms. The van der Waals surface area contributed by atoms with Gasteiger partial charge in [-0.1, -0.05) is 0 Å². The summed E-state index contributed by atoms with van der Waals surface area (Å²) in [5.74, 6) is 0. The van der Waals surface area contributed by atoms with Crippen LogP contribution < -0.4 is 4.90 Å². The zero-order chi connectivity index (χ0) is 14.3. The molecule has 102 valence electrons. The average Bonchev–Trinajstić information content (AvgIpc) is 2.39. The first-order valence-corrected chi connectivity index (χ1v) is 6.72. The van der Waals surface area contributed by atoms with E-state index in [1.807, 2.05) is 28.7 Å². The van der Waals surface area contributed by atoms with Gasteiger partial charge in [-0.2, -0.15) is 5.26 Å². The molecule has 0 aliphatic heterocycles. The number of benzene rings is 1. The van der Waals surface area contributed by atoms with E-state index < -0.39 is 4.92 Å². The van der Waals surface area contributed by atoms with Crippen molar-refractivity contribution in [2.24, 2.45) is 0 Å². The van der Waals surface area contributed by atoms with Crippen LogP contribution in [0, 0.1) is 25.0 Å². The maximum atomic E-state index is 11.1. The van der Waals surface area contributed by atoms with Crippen LogP contribution in [0.3, 0.4) is 0 Å². The molecule has 1 aromatic rings. The normalized spacial score (nSPS) is 9.95. The lowest BCUT2D eigenvalue weighted by Crippen LogP contribution is -2.28. The molecular weight excluding hydrogens is 361 g/mol. The summed E-state index contributed by atoms with van der Waals surface area (Å²) in [6.45, 7) is 1.41. The fourth-order valence-electron chi connectivity index (χ4n) is 1.65. The molecule has 19 heavy (non-hydrogen) atoms. The lowest BCUT2D eigenvalue weighted by molar-refractivity contribution is -0.384. The van der Waals surface area contributed by atoms with Gasteiger partial charge in [-0.15, -0.1) is 0 Å². The second-order valence-corrected chi connectivity index (χ2v) is 5.02. The Morgan fingerprint density at radius 2 is 2.26 bits per heavy atom. The molecule has 7 heteroatoms. The van der Waals surface area contributed by atoms with Crippen LogP contribution in [0.4, 0.5) is 11.4 Å². The molecule has 6 nitrogen and oxygen atoms in total. The number of methoxy groups -OCH3 is 1. The van der Waals surface area contributed by atoms with E-state index in [0.29, 0.717) is 31.8 Å². The zero-order valence-electron chi connectivity index (χ0n) is 10.5. The maximum absolute atomic E-state index is 11.1. The third-order valence-corrected chi connectivity index (χ3v) is 3.20. The predicted octanol–water partition coefficient (Wildman–Crippen LogP) is 2.57. The predicted molar refractivity (Wildman–Crippen MR) is 80.1 cm³/mol. The van der Waals surface area contributed by atoms with Crippen molar-refractivity contribution in [3.8, 4) is 6.07 Å². The lowest BCUT2D eigenvalue weighted by Gasteiger charge is -2.23. The smallest absolute Gasteiger partial charge is 0.293 e. The minimum absolute atomic E-state index is 0.0564. The molecule has 0 heterocycles. The first-order chi connectivity index (χ1) is 9.10. The second kappa shape index (κ2) is 7.91. The van der Waals surface area contributed by atoms with Gasteiger partial charge in [-0.25, -0.2) is 0 Å². The van der Waals surface area contributed by atoms with Crippen molar-refractivity contribution in [2.45, 2.75) is 6.42 Å². The van der Waals surface area contributed by atoms with Gasteiger partial charge in [0.25, 0.3) is 5.69 Å². The van der Waals surface area contributed by atoms with Crippen molar-refractivity contribution in [3.05, 3.63) is 31.9 Å². The fourth-order valence-corrected chi connectivity index (χ4v) is 2.12. The van der Waals surface area contributed by atoms with Crippen molar-refractivity contribution >= 4 is 34.0 Å². The number of anilines is 1. The molecule has 0 fully saturated rings. The average molecular weight is 375 g/mol. The van der Waals surface area contributed by atoms with Gasteiger partial charge >= 0.3 is 0 Å². The Balaban J connectivity index is 3.06. The molecule has 0 aromatic heterocycles. The van der Waals surface area contributed by atoms with Crippen LogP contribution in [0.1, 0.15) is 6.42 Å². The van der Waals surface area contributed by atoms with Crippen molar-refractivity contribution < 1.29 is 9.66 Å². The number of nitriles is 1. The molecule has 1 aromatic carbocycles. The van der Waals surface area contributed by atoms with Gasteiger partial charge in [0.15, 0.2) is 0 Å². The summed E-state index contributed by atoms with van der Waals surface area (Å²) in [6.07, 6.45) is 0.312. The van der Waals surface area contributed by atoms with Crippen LogP contribution in [0.2, 0.25) is 0 Å². The Morgan fingerprint density at radius 3 is 2.84 bits per heavy atom. The quantitative estimate of drug-likeness (QED) is 0.416. The summed E-state index contributed by atoms with van der Waals surface area (Å²) in [5.41, 5.74) is 0.582. The molecule has 0 aliphatic carbocycles. The molecule has 0 spiro atoms. The first kappa shape index (κ1) is 15.7. The molecule has 0 saturated heterocycles. The number of ether oxygens (including phenoxy) is 1. The van der Waals surface area contributed by atoms with E-state index in [-0.39, 0.29) is 5.69 Å². The molecule has 0 atom stereocenters. The van der Waals surface area contributed by atoms with Crippen LogP contribution in [0.5, 0.6) is 0 Å². The summed E-state index contributed by atoms with van der Waals surface area (Å²) in [7, 11) is 1.57. The van der Waals surface area contributed by atoms with Gasteiger partial charge in [0.2, 0.25) is 0 Å². The van der Waals surface area contributed by atoms with E-state index in [9.17, 15) is 10.1 Å². The maximum Gasteiger partial charge on any atom is 0.293 e. The van der Waals surface area contributed by atoms with Crippen LogP contribution in [0.15, 0.2) is 18.2 Å². The van der Waals surface area contributed by atoms with E-state index >= 15 is 0 Å². The van der Waals surface area contributed by atoms with Crippen molar-refractivity contribution in [3.63, 3.8) is 0 Å². The SMILES string of the molecule is COCCN(CCC#N)c1ccc(I)cc1[N+](=O)[O-]. The van der Waals surface area contributed by atoms with Gasteiger partial charge in [0.05, 0.1) is 24.0 Å². The van der Waals surface area contributed by atoms with Crippen LogP contribution >= 0.6 is 22.6 Å². The van der Waals surface area contributed by atoms with E-state index in [1.54, 1.807) is 18.1 Å². The van der Waals surface area contributed by atoms with Gasteiger partial charge < -0.3 is 9.64 Å². The van der Waals surface area contributed by atoms with E-state index in [0.717, 1.165) is 3.57 Å². The molecule has 0 aliphatic rings. The monoisotopic (exact) mass is 375 g/mol. The minimum atomic E-state index is -0.399. The van der Waals surface area contributed by atoms with Crippen molar-refractivity contribution in [1.82, 2.24) is 0 Å². The topological polar surface area (TPSA) is 79.4 Å². The van der Waals surface area contributed by atoms with Crippen molar-refractivity contribution in [1.29, 1.82) is 5.26 Å². The minimum Gasteiger partial charge on any atom is -0.383 e. The van der Waals surface area contributed by atoms with Gasteiger partial charge in [-0.3, -0.25) is 10.1 Å². The zero-order valence-corrected chi connectivity index (χ0v) is 12.7. The Hall–Kier alpha value is -1.40. The molecule has 0 saturated carbocycles. The highest BCUT2D eigenvalue weighted by molar-refractivity contribution is 14.1. The lowest BCUT2D eigenvalue weighted by atomic mass is 10.2. The number of nitrogens with zero attached hydrogens (tertiary/aromatic N) is 3. The Bertz CT molecular complexity index is 488. The fraction of sp³-hybridized carbons (Fsp3) is 0.417. The standard InChI is InChI=1S/C12H14IN3O3/c1-19-8-7-15(6-2-5-14)11-4-3-10(13)9-12(11)16(17)18/h3-4,9H,2,6-8H2,1H3. The van der Waals surface area contributed by atoms with E-state index in [1.165, 1.54) is 6.07 Å². The number of nitro groups is 1. The number of hydrogen-bond donors (Lipinski definition) is 0. The summed E-state index contributed by atoms with van der Waals surface area (Å²) in [6, 6.07) is 7.11. The summed E-state index contributed by atoms with van der Waals surface area (Å²) < 4.78 is 5.81. The third-order valence-electron chi connectivity index (χ3n) is 2.53. The summed E-state index contributed by atoms with van der Waals surface area (Å²) in [5, 5.41) is 19.8. The number of rotatable bonds is 7. The highest BCUT2D eigenvalue weighted by atomic mass is 127. The summed E-state index contributed by atoms with van der Waals surface area (Å²) in [4.78, 5) is 12.5. The second-order valence-electron chi connectivity index (χ2n) is 3.78. The molecule has 0 amide bonds. The molecule has 0 unspecified atom stereocenters. The highest BCUT2D eigenvalue weighted by Gasteiger charge is 2.19. The Labute approximate surface area is 125 Å². The first-order valence-electron chi connectivity index (χ1n) is 5.65. The molecular formula is C12H14IN3O3. The van der Waals surface area contributed by atoms with Gasteiger partial charge in [-0.05, 0) is 34.7 Å². The van der Waals surface area contributed by atoms with Crippen LogP contribution in [0.25, 0.3) is 0 Å². The van der Waals surface area contributed by atoms with Crippen LogP contribution in [-0.2, 0) is 4.74 Å². The number of hydrogen-bond acceptors (Lipinski definition) is 5. The number of nitro benzene ring substituents is 1. The third kappa shape index (κ3) is 4.65. The van der Waals surface area contributed by atoms with E-state index in [2.05, 4.69) is 6.07 Å². The van der Waals surface area contributed by atoms with Gasteiger partial charge in [0, 0.05) is 29.8 Å². The molecule has 0 radical (unpaired) electrons. The molecule has 1 rings (SSSR count). The van der Waals surface area contributed by atoms with Gasteiger partial charge in [0.1, 0.15) is 5.69 Å². The van der Waals surface area contributed by atoms with Crippen molar-refractivity contribution in [2.75, 3.05) is 31.7 Å². The molecule has 0 N–H and O–H groups in total. The Morgan fingerprint density at radius 1 is 1.53 bits per heavy atom. The number of halogens is 1. The largest absolute Gasteiger partial charge is 0.383 e.